The molecule has 0 bridgehead atoms. The van der Waals surface area contributed by atoms with Crippen LogP contribution in [0.2, 0.25) is 0 Å². The summed E-state index contributed by atoms with van der Waals surface area (Å²) in [4.78, 5) is 1.38. The SMILES string of the molecule is Brc1nnc(C2Cc3ccccc3S2)s1. The molecular weight excluding hydrogens is 292 g/mol. The summed E-state index contributed by atoms with van der Waals surface area (Å²) >= 11 is 6.87. The van der Waals surface area contributed by atoms with Gasteiger partial charge in [-0.2, -0.15) is 0 Å². The number of fused-ring (bicyclic) bond motifs is 1. The highest BCUT2D eigenvalue weighted by molar-refractivity contribution is 9.11. The van der Waals surface area contributed by atoms with Crippen molar-refractivity contribution in [1.82, 2.24) is 10.2 Å². The van der Waals surface area contributed by atoms with Crippen LogP contribution in [0.4, 0.5) is 0 Å². The zero-order chi connectivity index (χ0) is 10.3. The van der Waals surface area contributed by atoms with E-state index in [4.69, 9.17) is 0 Å². The molecule has 2 heterocycles. The van der Waals surface area contributed by atoms with Gasteiger partial charge in [-0.3, -0.25) is 0 Å². The van der Waals surface area contributed by atoms with Crippen LogP contribution in [0.5, 0.6) is 0 Å². The minimum atomic E-state index is 0.450. The second-order valence-corrected chi connectivity index (χ2v) is 6.84. The molecule has 2 nitrogen and oxygen atoms in total. The zero-order valence-electron chi connectivity index (χ0n) is 7.68. The van der Waals surface area contributed by atoms with Gasteiger partial charge in [0.05, 0.1) is 5.25 Å². The molecule has 2 aromatic rings. The topological polar surface area (TPSA) is 25.8 Å². The van der Waals surface area contributed by atoms with E-state index in [1.54, 1.807) is 11.3 Å². The van der Waals surface area contributed by atoms with Crippen LogP contribution < -0.4 is 0 Å². The summed E-state index contributed by atoms with van der Waals surface area (Å²) in [5.41, 5.74) is 1.43. The minimum absolute atomic E-state index is 0.450. The lowest BCUT2D eigenvalue weighted by Crippen LogP contribution is -1.91. The van der Waals surface area contributed by atoms with Crippen LogP contribution in [-0.4, -0.2) is 10.2 Å². The Morgan fingerprint density at radius 1 is 1.27 bits per heavy atom. The molecule has 0 fully saturated rings. The van der Waals surface area contributed by atoms with Crippen LogP contribution in [0.25, 0.3) is 0 Å². The van der Waals surface area contributed by atoms with E-state index in [2.05, 4.69) is 50.4 Å². The molecule has 1 aromatic heterocycles. The van der Waals surface area contributed by atoms with Crippen LogP contribution in [0.1, 0.15) is 15.8 Å². The first-order valence-electron chi connectivity index (χ1n) is 4.56. The van der Waals surface area contributed by atoms with Crippen molar-refractivity contribution in [2.45, 2.75) is 16.6 Å². The minimum Gasteiger partial charge on any atom is -0.141 e. The molecule has 0 saturated carbocycles. The first-order chi connectivity index (χ1) is 7.33. The third-order valence-corrected chi connectivity index (χ3v) is 5.28. The Morgan fingerprint density at radius 3 is 2.87 bits per heavy atom. The van der Waals surface area contributed by atoms with E-state index in [0.29, 0.717) is 5.25 Å². The van der Waals surface area contributed by atoms with Crippen LogP contribution in [0.3, 0.4) is 0 Å². The van der Waals surface area contributed by atoms with Gasteiger partial charge in [0.25, 0.3) is 0 Å². The number of rotatable bonds is 1. The summed E-state index contributed by atoms with van der Waals surface area (Å²) in [6.07, 6.45) is 1.07. The van der Waals surface area contributed by atoms with Gasteiger partial charge >= 0.3 is 0 Å². The third-order valence-electron chi connectivity index (χ3n) is 2.34. The highest BCUT2D eigenvalue weighted by Crippen LogP contribution is 2.47. The molecule has 0 amide bonds. The molecule has 1 atom stereocenters. The third kappa shape index (κ3) is 1.84. The Morgan fingerprint density at radius 2 is 2.13 bits per heavy atom. The van der Waals surface area contributed by atoms with Gasteiger partial charge in [-0.15, -0.1) is 22.0 Å². The summed E-state index contributed by atoms with van der Waals surface area (Å²) < 4.78 is 0.869. The molecule has 0 saturated heterocycles. The molecule has 0 N–H and O–H groups in total. The Hall–Kier alpha value is -0.390. The predicted molar refractivity (Wildman–Crippen MR) is 66.4 cm³/mol. The van der Waals surface area contributed by atoms with Crippen molar-refractivity contribution >= 4 is 39.0 Å². The number of hydrogen-bond donors (Lipinski definition) is 0. The largest absolute Gasteiger partial charge is 0.183 e. The highest BCUT2D eigenvalue weighted by atomic mass is 79.9. The van der Waals surface area contributed by atoms with Gasteiger partial charge in [0.1, 0.15) is 5.01 Å². The Bertz CT molecular complexity index is 473. The van der Waals surface area contributed by atoms with Crippen molar-refractivity contribution in [2.24, 2.45) is 0 Å². The molecule has 0 aliphatic carbocycles. The van der Waals surface area contributed by atoms with E-state index < -0.39 is 0 Å². The highest BCUT2D eigenvalue weighted by Gasteiger charge is 2.26. The van der Waals surface area contributed by atoms with E-state index in [-0.39, 0.29) is 0 Å². The van der Waals surface area contributed by atoms with Gasteiger partial charge < -0.3 is 0 Å². The van der Waals surface area contributed by atoms with E-state index in [1.807, 2.05) is 11.8 Å². The maximum atomic E-state index is 4.18. The van der Waals surface area contributed by atoms with E-state index in [0.717, 1.165) is 15.3 Å². The fraction of sp³-hybridized carbons (Fsp3) is 0.200. The first kappa shape index (κ1) is 9.81. The van der Waals surface area contributed by atoms with Gasteiger partial charge in [-0.1, -0.05) is 29.5 Å². The monoisotopic (exact) mass is 298 g/mol. The summed E-state index contributed by atoms with van der Waals surface area (Å²) in [6, 6.07) is 8.55. The predicted octanol–water partition coefficient (Wildman–Crippen LogP) is 3.69. The Labute approximate surface area is 104 Å². The fourth-order valence-corrected chi connectivity index (χ4v) is 4.26. The molecule has 5 heteroatoms. The van der Waals surface area contributed by atoms with E-state index in [1.165, 1.54) is 10.5 Å². The van der Waals surface area contributed by atoms with Crippen molar-refractivity contribution in [2.75, 3.05) is 0 Å². The second kappa shape index (κ2) is 3.88. The number of halogens is 1. The molecule has 0 spiro atoms. The fourth-order valence-electron chi connectivity index (χ4n) is 1.67. The van der Waals surface area contributed by atoms with Gasteiger partial charge in [-0.05, 0) is 34.0 Å². The lowest BCUT2D eigenvalue weighted by atomic mass is 10.1. The zero-order valence-corrected chi connectivity index (χ0v) is 10.9. The lowest BCUT2D eigenvalue weighted by molar-refractivity contribution is 0.893. The van der Waals surface area contributed by atoms with Crippen molar-refractivity contribution in [3.8, 4) is 0 Å². The molecule has 15 heavy (non-hydrogen) atoms. The maximum Gasteiger partial charge on any atom is 0.183 e. The van der Waals surface area contributed by atoms with Gasteiger partial charge in [-0.25, -0.2) is 0 Å². The van der Waals surface area contributed by atoms with Gasteiger partial charge in [0, 0.05) is 4.90 Å². The van der Waals surface area contributed by atoms with Gasteiger partial charge in [0.2, 0.25) is 0 Å². The van der Waals surface area contributed by atoms with Crippen molar-refractivity contribution in [1.29, 1.82) is 0 Å². The molecule has 0 radical (unpaired) electrons. The average Bonchev–Trinajstić information content (AvgIpc) is 2.82. The van der Waals surface area contributed by atoms with Crippen LogP contribution >= 0.6 is 39.0 Å². The normalized spacial score (nSPS) is 19.1. The van der Waals surface area contributed by atoms with E-state index in [9.17, 15) is 0 Å². The molecule has 1 aliphatic heterocycles. The lowest BCUT2D eigenvalue weighted by Gasteiger charge is -2.00. The number of hydrogen-bond acceptors (Lipinski definition) is 4. The van der Waals surface area contributed by atoms with Gasteiger partial charge in [0.15, 0.2) is 3.92 Å². The second-order valence-electron chi connectivity index (χ2n) is 3.31. The number of aromatic nitrogens is 2. The Balaban J connectivity index is 1.90. The van der Waals surface area contributed by atoms with Crippen molar-refractivity contribution in [3.63, 3.8) is 0 Å². The van der Waals surface area contributed by atoms with Crippen molar-refractivity contribution in [3.05, 3.63) is 38.8 Å². The first-order valence-corrected chi connectivity index (χ1v) is 7.05. The average molecular weight is 299 g/mol. The number of nitrogens with zero attached hydrogens (tertiary/aromatic N) is 2. The molecular formula is C10H7BrN2S2. The molecule has 1 aromatic carbocycles. The molecule has 1 unspecified atom stereocenters. The summed E-state index contributed by atoms with van der Waals surface area (Å²) in [7, 11) is 0. The van der Waals surface area contributed by atoms with Crippen LogP contribution in [-0.2, 0) is 6.42 Å². The van der Waals surface area contributed by atoms with Crippen LogP contribution in [0.15, 0.2) is 33.1 Å². The molecule has 76 valence electrons. The summed E-state index contributed by atoms with van der Waals surface area (Å²) in [5, 5.41) is 9.74. The van der Waals surface area contributed by atoms with E-state index >= 15 is 0 Å². The molecule has 3 rings (SSSR count). The number of benzene rings is 1. The summed E-state index contributed by atoms with van der Waals surface area (Å²) in [6.45, 7) is 0. The smallest absolute Gasteiger partial charge is 0.141 e. The quantitative estimate of drug-likeness (QED) is 0.803. The maximum absolute atomic E-state index is 4.18. The standard InChI is InChI=1S/C10H7BrN2S2/c11-10-13-12-9(15-10)8-5-6-3-1-2-4-7(6)14-8/h1-4,8H,5H2. The molecule has 1 aliphatic rings. The Kier molecular flexibility index (Phi) is 2.54. The summed E-state index contributed by atoms with van der Waals surface area (Å²) in [5.74, 6) is 0. The van der Waals surface area contributed by atoms with Crippen molar-refractivity contribution < 1.29 is 0 Å². The number of thioether (sulfide) groups is 1. The van der Waals surface area contributed by atoms with Crippen LogP contribution in [0, 0.1) is 0 Å².